The highest BCUT2D eigenvalue weighted by atomic mass is 32.2. The van der Waals surface area contributed by atoms with Gasteiger partial charge in [-0.25, -0.2) is 9.36 Å². The Kier molecular flexibility index (Phi) is 3.23. The molecule has 2 aliphatic rings. The van der Waals surface area contributed by atoms with Gasteiger partial charge < -0.3 is 10.8 Å². The van der Waals surface area contributed by atoms with Crippen LogP contribution >= 0.6 is 11.8 Å². The number of carbonyl (C=O) groups excluding carboxylic acids is 1. The van der Waals surface area contributed by atoms with Gasteiger partial charge in [-0.15, -0.1) is 11.8 Å². The zero-order valence-corrected chi connectivity index (χ0v) is 11.4. The molecule has 1 aromatic heterocycles. The van der Waals surface area contributed by atoms with Crippen molar-refractivity contribution in [2.24, 2.45) is 5.73 Å². The second-order valence-corrected chi connectivity index (χ2v) is 5.85. The minimum atomic E-state index is -1.07. The van der Waals surface area contributed by atoms with Gasteiger partial charge in [-0.05, 0) is 0 Å². The van der Waals surface area contributed by atoms with E-state index in [9.17, 15) is 14.7 Å². The Morgan fingerprint density at radius 3 is 2.80 bits per heavy atom. The number of nitrogens with two attached hydrogens (primary N) is 1. The summed E-state index contributed by atoms with van der Waals surface area (Å²) in [5.41, 5.74) is 6.53. The standard InChI is InChI=1S/C13H13N3O3S/c14-9-11(17)16-10(13(18)19)8(7-20-12(9)16)6-15-4-2-1-3-5-15/h1-5,9,12H,6-7,14H2/p+1/t9?,12-/m0/s1. The average Bonchev–Trinajstić information content (AvgIpc) is 2.46. The molecule has 1 unspecified atom stereocenters. The van der Waals surface area contributed by atoms with E-state index >= 15 is 0 Å². The summed E-state index contributed by atoms with van der Waals surface area (Å²) in [6.45, 7) is 0.460. The molecule has 0 spiro atoms. The molecule has 0 bridgehead atoms. The van der Waals surface area contributed by atoms with Crippen LogP contribution in [0.1, 0.15) is 0 Å². The van der Waals surface area contributed by atoms with Crippen molar-refractivity contribution >= 4 is 23.6 Å². The Bertz CT molecular complexity index is 602. The van der Waals surface area contributed by atoms with E-state index in [0.29, 0.717) is 12.3 Å². The van der Waals surface area contributed by atoms with Crippen molar-refractivity contribution in [1.29, 1.82) is 0 Å². The summed E-state index contributed by atoms with van der Waals surface area (Å²) >= 11 is 1.52. The first-order valence-corrected chi connectivity index (χ1v) is 7.24. The Balaban J connectivity index is 1.94. The van der Waals surface area contributed by atoms with Crippen molar-refractivity contribution in [3.05, 3.63) is 41.9 Å². The van der Waals surface area contributed by atoms with E-state index in [1.165, 1.54) is 16.7 Å². The van der Waals surface area contributed by atoms with Crippen LogP contribution in [0.25, 0.3) is 0 Å². The van der Waals surface area contributed by atoms with Crippen LogP contribution in [0.5, 0.6) is 0 Å². The topological polar surface area (TPSA) is 87.5 Å². The molecule has 1 fully saturated rings. The summed E-state index contributed by atoms with van der Waals surface area (Å²) in [4.78, 5) is 24.6. The number of carbonyl (C=O) groups is 2. The molecule has 1 amide bonds. The molecule has 0 saturated carbocycles. The molecule has 1 saturated heterocycles. The number of hydrogen-bond acceptors (Lipinski definition) is 4. The van der Waals surface area contributed by atoms with E-state index in [2.05, 4.69) is 0 Å². The predicted molar refractivity (Wildman–Crippen MR) is 72.4 cm³/mol. The fourth-order valence-corrected chi connectivity index (χ4v) is 3.74. The summed E-state index contributed by atoms with van der Waals surface area (Å²) in [6.07, 6.45) is 3.74. The van der Waals surface area contributed by atoms with Gasteiger partial charge >= 0.3 is 5.97 Å². The Morgan fingerprint density at radius 1 is 1.45 bits per heavy atom. The summed E-state index contributed by atoms with van der Waals surface area (Å²) in [6, 6.07) is 5.07. The molecule has 2 atom stereocenters. The third-order valence-corrected chi connectivity index (χ3v) is 4.80. The number of aliphatic carboxylic acids is 1. The maximum absolute atomic E-state index is 11.8. The van der Waals surface area contributed by atoms with Gasteiger partial charge in [-0.1, -0.05) is 6.07 Å². The maximum Gasteiger partial charge on any atom is 0.352 e. The van der Waals surface area contributed by atoms with Crippen molar-refractivity contribution in [2.75, 3.05) is 5.75 Å². The molecule has 3 heterocycles. The van der Waals surface area contributed by atoms with Crippen LogP contribution in [0.4, 0.5) is 0 Å². The Labute approximate surface area is 119 Å². The summed E-state index contributed by atoms with van der Waals surface area (Å²) in [7, 11) is 0. The van der Waals surface area contributed by atoms with Gasteiger partial charge in [-0.3, -0.25) is 9.69 Å². The number of carboxylic acid groups (broad SMARTS) is 1. The van der Waals surface area contributed by atoms with Gasteiger partial charge in [0.1, 0.15) is 17.1 Å². The molecule has 0 radical (unpaired) electrons. The quantitative estimate of drug-likeness (QED) is 0.582. The molecule has 20 heavy (non-hydrogen) atoms. The van der Waals surface area contributed by atoms with Crippen molar-refractivity contribution < 1.29 is 19.3 Å². The van der Waals surface area contributed by atoms with Crippen LogP contribution in [0.15, 0.2) is 41.9 Å². The van der Waals surface area contributed by atoms with E-state index in [1.807, 2.05) is 35.2 Å². The lowest BCUT2D eigenvalue weighted by Gasteiger charge is -2.47. The van der Waals surface area contributed by atoms with Crippen molar-refractivity contribution in [3.63, 3.8) is 0 Å². The monoisotopic (exact) mass is 292 g/mol. The number of thioether (sulfide) groups is 1. The zero-order chi connectivity index (χ0) is 14.3. The van der Waals surface area contributed by atoms with E-state index in [0.717, 1.165) is 5.57 Å². The molecule has 7 heteroatoms. The fourth-order valence-electron chi connectivity index (χ4n) is 2.46. The smallest absolute Gasteiger partial charge is 0.352 e. The number of aromatic nitrogens is 1. The average molecular weight is 292 g/mol. The number of hydrogen-bond donors (Lipinski definition) is 2. The van der Waals surface area contributed by atoms with Gasteiger partial charge in [-0.2, -0.15) is 0 Å². The molecule has 2 aliphatic heterocycles. The minimum absolute atomic E-state index is 0.0943. The maximum atomic E-state index is 11.8. The van der Waals surface area contributed by atoms with Crippen LogP contribution in [0, 0.1) is 0 Å². The Hall–Kier alpha value is -1.86. The van der Waals surface area contributed by atoms with Crippen LogP contribution in [-0.2, 0) is 16.1 Å². The fraction of sp³-hybridized carbons (Fsp3) is 0.308. The molecular formula is C13H14N3O3S+. The van der Waals surface area contributed by atoms with Crippen LogP contribution in [0.3, 0.4) is 0 Å². The highest BCUT2D eigenvalue weighted by Gasteiger charge is 2.52. The number of β-lactam (4-membered cyclic amide) rings is 1. The van der Waals surface area contributed by atoms with Crippen LogP contribution < -0.4 is 10.3 Å². The van der Waals surface area contributed by atoms with Gasteiger partial charge in [0.05, 0.1) is 0 Å². The van der Waals surface area contributed by atoms with E-state index in [4.69, 9.17) is 5.73 Å². The molecular weight excluding hydrogens is 278 g/mol. The first-order chi connectivity index (χ1) is 9.59. The molecule has 104 valence electrons. The first kappa shape index (κ1) is 13.1. The summed E-state index contributed by atoms with van der Waals surface area (Å²) in [5, 5.41) is 9.16. The molecule has 6 nitrogen and oxygen atoms in total. The summed E-state index contributed by atoms with van der Waals surface area (Å²) in [5.74, 6) is -0.802. The number of fused-ring (bicyclic) bond motifs is 1. The van der Waals surface area contributed by atoms with Gasteiger partial charge in [0.2, 0.25) is 5.91 Å². The van der Waals surface area contributed by atoms with E-state index in [-0.39, 0.29) is 17.0 Å². The predicted octanol–water partition coefficient (Wildman–Crippen LogP) is -0.445. The third-order valence-electron chi connectivity index (χ3n) is 3.44. The van der Waals surface area contributed by atoms with Crippen molar-refractivity contribution in [1.82, 2.24) is 4.90 Å². The Morgan fingerprint density at radius 2 is 2.15 bits per heavy atom. The lowest BCUT2D eigenvalue weighted by atomic mass is 10.0. The zero-order valence-electron chi connectivity index (χ0n) is 10.6. The molecule has 3 rings (SSSR count). The lowest BCUT2D eigenvalue weighted by Crippen LogP contribution is -2.68. The van der Waals surface area contributed by atoms with Crippen LogP contribution in [-0.4, -0.2) is 39.1 Å². The molecule has 0 aromatic carbocycles. The number of nitrogens with zero attached hydrogens (tertiary/aromatic N) is 2. The largest absolute Gasteiger partial charge is 0.477 e. The normalized spacial score (nSPS) is 25.2. The second kappa shape index (κ2) is 4.92. The summed E-state index contributed by atoms with van der Waals surface area (Å²) < 4.78 is 1.89. The number of pyridine rings is 1. The number of amides is 1. The highest BCUT2D eigenvalue weighted by Crippen LogP contribution is 2.39. The number of rotatable bonds is 3. The molecule has 0 aliphatic carbocycles. The SMILES string of the molecule is NC1C(=O)N2C(C(=O)O)=C(C[n+]3ccccc3)CS[C@@H]12. The van der Waals surface area contributed by atoms with E-state index in [1.54, 1.807) is 0 Å². The minimum Gasteiger partial charge on any atom is -0.477 e. The van der Waals surface area contributed by atoms with Gasteiger partial charge in [0.15, 0.2) is 18.9 Å². The highest BCUT2D eigenvalue weighted by molar-refractivity contribution is 8.00. The van der Waals surface area contributed by atoms with Crippen molar-refractivity contribution in [2.45, 2.75) is 18.0 Å². The first-order valence-electron chi connectivity index (χ1n) is 6.19. The van der Waals surface area contributed by atoms with E-state index < -0.39 is 12.0 Å². The molecule has 3 N–H and O–H groups in total. The lowest BCUT2D eigenvalue weighted by molar-refractivity contribution is -0.689. The van der Waals surface area contributed by atoms with Crippen molar-refractivity contribution in [3.8, 4) is 0 Å². The van der Waals surface area contributed by atoms with Crippen LogP contribution in [0.2, 0.25) is 0 Å². The van der Waals surface area contributed by atoms with Gasteiger partial charge in [0.25, 0.3) is 0 Å². The number of carboxylic acids is 1. The van der Waals surface area contributed by atoms with Gasteiger partial charge in [0, 0.05) is 23.5 Å². The third kappa shape index (κ3) is 1.99. The second-order valence-electron chi connectivity index (χ2n) is 4.74. The molecule has 1 aromatic rings.